The Kier molecular flexibility index (Phi) is 4.68. The minimum atomic E-state index is -1.07. The van der Waals surface area contributed by atoms with Gasteiger partial charge in [-0.05, 0) is 47.4 Å². The molecule has 0 radical (unpaired) electrons. The normalized spacial score (nSPS) is 22.1. The van der Waals surface area contributed by atoms with Gasteiger partial charge in [-0.1, -0.05) is 48.5 Å². The Morgan fingerprint density at radius 1 is 1.00 bits per heavy atom. The third kappa shape index (κ3) is 3.65. The summed E-state index contributed by atoms with van der Waals surface area (Å²) in [5.74, 6) is -1.44. The molecule has 2 aromatic rings. The van der Waals surface area contributed by atoms with E-state index in [2.05, 4.69) is 34.9 Å². The van der Waals surface area contributed by atoms with Crippen LogP contribution in [0.3, 0.4) is 0 Å². The summed E-state index contributed by atoms with van der Waals surface area (Å²) >= 11 is 0. The summed E-state index contributed by atoms with van der Waals surface area (Å²) in [6.07, 6.45) is 1.09. The summed E-state index contributed by atoms with van der Waals surface area (Å²) in [4.78, 5) is 35.7. The number of benzene rings is 2. The molecule has 3 N–H and O–H groups in total. The summed E-state index contributed by atoms with van der Waals surface area (Å²) in [6.45, 7) is 0.588. The number of hydrogen-bond donors (Lipinski definition) is 3. The molecule has 5 rings (SSSR count). The monoisotopic (exact) mass is 420 g/mol. The predicted octanol–water partition coefficient (Wildman–Crippen LogP) is 2.89. The number of aliphatic carboxylic acids is 1. The van der Waals surface area contributed by atoms with E-state index in [4.69, 9.17) is 4.74 Å². The second-order valence-electron chi connectivity index (χ2n) is 8.69. The lowest BCUT2D eigenvalue weighted by Gasteiger charge is -2.15. The maximum absolute atomic E-state index is 12.2. The van der Waals surface area contributed by atoms with Crippen LogP contribution in [0.4, 0.5) is 4.79 Å². The van der Waals surface area contributed by atoms with Crippen molar-refractivity contribution in [1.29, 1.82) is 0 Å². The molecule has 2 saturated carbocycles. The first-order chi connectivity index (χ1) is 15.0. The SMILES string of the molecule is O=C(NCC1CC1C(=O)NC1(C(=O)O)CC1)OCC1c2ccccc2-c2ccccc21. The molecule has 0 saturated heterocycles. The van der Waals surface area contributed by atoms with Gasteiger partial charge in [0.05, 0.1) is 0 Å². The summed E-state index contributed by atoms with van der Waals surface area (Å²) in [5.41, 5.74) is 3.60. The molecule has 0 heterocycles. The van der Waals surface area contributed by atoms with Crippen molar-refractivity contribution in [2.24, 2.45) is 11.8 Å². The van der Waals surface area contributed by atoms with Gasteiger partial charge in [0, 0.05) is 18.4 Å². The van der Waals surface area contributed by atoms with Crippen LogP contribution in [-0.4, -0.2) is 41.8 Å². The van der Waals surface area contributed by atoms with E-state index in [-0.39, 0.29) is 30.3 Å². The van der Waals surface area contributed by atoms with Gasteiger partial charge >= 0.3 is 12.1 Å². The van der Waals surface area contributed by atoms with Crippen LogP contribution in [0.15, 0.2) is 48.5 Å². The van der Waals surface area contributed by atoms with Crippen molar-refractivity contribution in [2.75, 3.05) is 13.2 Å². The molecule has 0 aliphatic heterocycles. The molecule has 2 aromatic carbocycles. The summed E-state index contributed by atoms with van der Waals surface area (Å²) < 4.78 is 5.51. The molecule has 7 heteroatoms. The van der Waals surface area contributed by atoms with Gasteiger partial charge in [0.2, 0.25) is 5.91 Å². The average molecular weight is 420 g/mol. The number of carbonyl (C=O) groups excluding carboxylic acids is 2. The van der Waals surface area contributed by atoms with Crippen LogP contribution in [0, 0.1) is 11.8 Å². The molecule has 2 fully saturated rings. The molecule has 7 nitrogen and oxygen atoms in total. The van der Waals surface area contributed by atoms with Crippen molar-refractivity contribution in [2.45, 2.75) is 30.7 Å². The van der Waals surface area contributed by atoms with Crippen molar-refractivity contribution in [3.05, 3.63) is 59.7 Å². The highest BCUT2D eigenvalue weighted by molar-refractivity contribution is 5.91. The largest absolute Gasteiger partial charge is 0.480 e. The molecular weight excluding hydrogens is 396 g/mol. The minimum Gasteiger partial charge on any atom is -0.480 e. The Morgan fingerprint density at radius 2 is 1.61 bits per heavy atom. The Hall–Kier alpha value is -3.35. The number of amides is 2. The van der Waals surface area contributed by atoms with Crippen LogP contribution in [0.1, 0.15) is 36.3 Å². The van der Waals surface area contributed by atoms with Crippen LogP contribution < -0.4 is 10.6 Å². The first-order valence-electron chi connectivity index (χ1n) is 10.6. The number of carboxylic acid groups (broad SMARTS) is 1. The van der Waals surface area contributed by atoms with Crippen LogP contribution in [0.25, 0.3) is 11.1 Å². The first kappa shape index (κ1) is 19.6. The van der Waals surface area contributed by atoms with Gasteiger partial charge < -0.3 is 20.5 Å². The number of carbonyl (C=O) groups is 3. The van der Waals surface area contributed by atoms with Crippen LogP contribution in [-0.2, 0) is 14.3 Å². The van der Waals surface area contributed by atoms with Crippen LogP contribution in [0.5, 0.6) is 0 Å². The Morgan fingerprint density at radius 3 is 2.19 bits per heavy atom. The number of fused-ring (bicyclic) bond motifs is 3. The summed E-state index contributed by atoms with van der Waals surface area (Å²) in [6, 6.07) is 16.3. The van der Waals surface area contributed by atoms with Crippen molar-refractivity contribution in [1.82, 2.24) is 10.6 Å². The molecule has 0 bridgehead atoms. The highest BCUT2D eigenvalue weighted by Crippen LogP contribution is 2.44. The average Bonchev–Trinajstić information content (AvgIpc) is 3.68. The van der Waals surface area contributed by atoms with Gasteiger partial charge in [-0.25, -0.2) is 9.59 Å². The first-order valence-corrected chi connectivity index (χ1v) is 10.6. The second kappa shape index (κ2) is 7.41. The topological polar surface area (TPSA) is 105 Å². The van der Waals surface area contributed by atoms with Crippen molar-refractivity contribution < 1.29 is 24.2 Å². The Labute approximate surface area is 179 Å². The minimum absolute atomic E-state index is 0.00310. The lowest BCUT2D eigenvalue weighted by molar-refractivity contribution is -0.143. The molecular formula is C24H24N2O5. The van der Waals surface area contributed by atoms with Gasteiger partial charge in [0.25, 0.3) is 0 Å². The van der Waals surface area contributed by atoms with E-state index in [9.17, 15) is 19.5 Å². The number of alkyl carbamates (subject to hydrolysis) is 1. The van der Waals surface area contributed by atoms with Crippen molar-refractivity contribution in [3.8, 4) is 11.1 Å². The fourth-order valence-electron chi connectivity index (χ4n) is 4.50. The highest BCUT2D eigenvalue weighted by Gasteiger charge is 2.54. The third-order valence-electron chi connectivity index (χ3n) is 6.63. The van der Waals surface area contributed by atoms with Crippen molar-refractivity contribution in [3.63, 3.8) is 0 Å². The lowest BCUT2D eigenvalue weighted by Crippen LogP contribution is -2.44. The van der Waals surface area contributed by atoms with Crippen molar-refractivity contribution >= 4 is 18.0 Å². The van der Waals surface area contributed by atoms with E-state index in [1.807, 2.05) is 24.3 Å². The predicted molar refractivity (Wildman–Crippen MR) is 112 cm³/mol. The quantitative estimate of drug-likeness (QED) is 0.639. The molecule has 2 unspecified atom stereocenters. The van der Waals surface area contributed by atoms with E-state index in [0.717, 1.165) is 11.1 Å². The summed E-state index contributed by atoms with van der Waals surface area (Å²) in [5, 5.41) is 14.6. The van der Waals surface area contributed by atoms with E-state index < -0.39 is 17.6 Å². The zero-order valence-electron chi connectivity index (χ0n) is 17.0. The number of rotatable bonds is 7. The molecule has 3 aliphatic rings. The third-order valence-corrected chi connectivity index (χ3v) is 6.63. The van der Waals surface area contributed by atoms with Gasteiger partial charge in [0.1, 0.15) is 12.1 Å². The number of carboxylic acids is 1. The lowest BCUT2D eigenvalue weighted by atomic mass is 9.98. The molecule has 0 aromatic heterocycles. The van der Waals surface area contributed by atoms with Crippen LogP contribution >= 0.6 is 0 Å². The van der Waals surface area contributed by atoms with Crippen LogP contribution in [0.2, 0.25) is 0 Å². The fraction of sp³-hybridized carbons (Fsp3) is 0.375. The van der Waals surface area contributed by atoms with E-state index in [1.54, 1.807) is 0 Å². The maximum atomic E-state index is 12.2. The standard InChI is InChI=1S/C24H24N2O5/c27-21(26-24(9-10-24)22(28)29)19-11-14(19)12-25-23(30)31-13-20-17-7-3-1-5-15(17)16-6-2-4-8-18(16)20/h1-8,14,19-20H,9-13H2,(H,25,30)(H,26,27)(H,28,29). The molecule has 2 atom stereocenters. The number of hydrogen-bond acceptors (Lipinski definition) is 4. The maximum Gasteiger partial charge on any atom is 0.407 e. The van der Waals surface area contributed by atoms with E-state index in [1.165, 1.54) is 11.1 Å². The van der Waals surface area contributed by atoms with E-state index >= 15 is 0 Å². The second-order valence-corrected chi connectivity index (χ2v) is 8.69. The molecule has 0 spiro atoms. The van der Waals surface area contributed by atoms with Gasteiger partial charge in [-0.3, -0.25) is 4.79 Å². The smallest absolute Gasteiger partial charge is 0.407 e. The Bertz CT molecular complexity index is 1020. The van der Waals surface area contributed by atoms with Gasteiger partial charge in [-0.15, -0.1) is 0 Å². The Balaban J connectivity index is 1.11. The fourth-order valence-corrected chi connectivity index (χ4v) is 4.50. The summed E-state index contributed by atoms with van der Waals surface area (Å²) in [7, 11) is 0. The molecule has 31 heavy (non-hydrogen) atoms. The van der Waals surface area contributed by atoms with Gasteiger partial charge in [0.15, 0.2) is 0 Å². The molecule has 160 valence electrons. The highest BCUT2D eigenvalue weighted by atomic mass is 16.5. The van der Waals surface area contributed by atoms with E-state index in [0.29, 0.717) is 25.8 Å². The zero-order chi connectivity index (χ0) is 21.6. The van der Waals surface area contributed by atoms with Gasteiger partial charge in [-0.2, -0.15) is 0 Å². The molecule has 3 aliphatic carbocycles. The zero-order valence-corrected chi connectivity index (χ0v) is 17.0. The molecule has 2 amide bonds. The number of nitrogens with one attached hydrogen (secondary N) is 2. The number of ether oxygens (including phenoxy) is 1.